The molecule has 1 heterocycles. The number of hydrogen-bond acceptors (Lipinski definition) is 4. The highest BCUT2D eigenvalue weighted by atomic mass is 16.5. The van der Waals surface area contributed by atoms with Gasteiger partial charge in [0, 0.05) is 25.2 Å². The maximum Gasteiger partial charge on any atom is 0.220 e. The summed E-state index contributed by atoms with van der Waals surface area (Å²) in [5.41, 5.74) is 3.46. The average Bonchev–Trinajstić information content (AvgIpc) is 2.78. The van der Waals surface area contributed by atoms with E-state index in [1.54, 1.807) is 14.2 Å². The first kappa shape index (κ1) is 22.0. The van der Waals surface area contributed by atoms with E-state index < -0.39 is 0 Å². The van der Waals surface area contributed by atoms with Crippen LogP contribution in [0.2, 0.25) is 0 Å². The minimum absolute atomic E-state index is 0.0154. The standard InChI is InChI=1S/C25H34N2O3/c1-18-13-15-27(16-14-18)22-9-7-21(8-10-22)19(2)26-25(28)12-6-20-5-11-23(29-3)24(17-20)30-4/h5,7-11,17-19H,6,12-16H2,1-4H3,(H,26,28)/t19-/m1/s1. The fourth-order valence-corrected chi connectivity index (χ4v) is 3.93. The average molecular weight is 411 g/mol. The van der Waals surface area contributed by atoms with Crippen molar-refractivity contribution in [2.45, 2.75) is 45.6 Å². The Bertz CT molecular complexity index is 827. The Morgan fingerprint density at radius 2 is 1.73 bits per heavy atom. The Morgan fingerprint density at radius 1 is 1.07 bits per heavy atom. The number of methoxy groups -OCH3 is 2. The zero-order valence-electron chi connectivity index (χ0n) is 18.6. The Hall–Kier alpha value is -2.69. The monoisotopic (exact) mass is 410 g/mol. The van der Waals surface area contributed by atoms with Gasteiger partial charge in [0.05, 0.1) is 20.3 Å². The van der Waals surface area contributed by atoms with Crippen LogP contribution in [0.1, 0.15) is 50.3 Å². The van der Waals surface area contributed by atoms with E-state index >= 15 is 0 Å². The maximum atomic E-state index is 12.4. The fourth-order valence-electron chi connectivity index (χ4n) is 3.93. The van der Waals surface area contributed by atoms with E-state index in [-0.39, 0.29) is 11.9 Å². The predicted octanol–water partition coefficient (Wildman–Crippen LogP) is 4.75. The predicted molar refractivity (Wildman–Crippen MR) is 121 cm³/mol. The molecule has 162 valence electrons. The van der Waals surface area contributed by atoms with Crippen molar-refractivity contribution in [2.75, 3.05) is 32.2 Å². The summed E-state index contributed by atoms with van der Waals surface area (Å²) in [6.45, 7) is 6.62. The third-order valence-corrected chi connectivity index (χ3v) is 6.01. The molecule has 5 nitrogen and oxygen atoms in total. The van der Waals surface area contributed by atoms with Crippen molar-refractivity contribution >= 4 is 11.6 Å². The molecule has 1 aliphatic heterocycles. The van der Waals surface area contributed by atoms with E-state index in [9.17, 15) is 4.79 Å². The van der Waals surface area contributed by atoms with Gasteiger partial charge >= 0.3 is 0 Å². The molecule has 1 aliphatic rings. The van der Waals surface area contributed by atoms with Crippen LogP contribution in [-0.4, -0.2) is 33.2 Å². The van der Waals surface area contributed by atoms with Crippen LogP contribution in [0.25, 0.3) is 0 Å². The van der Waals surface area contributed by atoms with Crippen molar-refractivity contribution in [1.29, 1.82) is 0 Å². The molecule has 0 aliphatic carbocycles. The molecule has 5 heteroatoms. The first-order valence-corrected chi connectivity index (χ1v) is 10.8. The lowest BCUT2D eigenvalue weighted by Crippen LogP contribution is -2.32. The summed E-state index contributed by atoms with van der Waals surface area (Å²) < 4.78 is 10.6. The lowest BCUT2D eigenvalue weighted by molar-refractivity contribution is -0.121. The van der Waals surface area contributed by atoms with Gasteiger partial charge in [0.2, 0.25) is 5.91 Å². The molecule has 1 atom stereocenters. The SMILES string of the molecule is COc1ccc(CCC(=O)N[C@H](C)c2ccc(N3CCC(C)CC3)cc2)cc1OC. The second kappa shape index (κ2) is 10.4. The van der Waals surface area contributed by atoms with Gasteiger partial charge in [0.25, 0.3) is 0 Å². The molecular weight excluding hydrogens is 376 g/mol. The number of hydrogen-bond donors (Lipinski definition) is 1. The molecule has 30 heavy (non-hydrogen) atoms. The van der Waals surface area contributed by atoms with Crippen LogP contribution in [0.15, 0.2) is 42.5 Å². The molecule has 0 aromatic heterocycles. The second-order valence-corrected chi connectivity index (χ2v) is 8.24. The van der Waals surface area contributed by atoms with Crippen LogP contribution >= 0.6 is 0 Å². The van der Waals surface area contributed by atoms with Crippen LogP contribution in [0.5, 0.6) is 11.5 Å². The van der Waals surface area contributed by atoms with Crippen molar-refractivity contribution in [3.63, 3.8) is 0 Å². The number of ether oxygens (including phenoxy) is 2. The number of carbonyl (C=O) groups is 1. The van der Waals surface area contributed by atoms with Gasteiger partial charge in [-0.1, -0.05) is 25.1 Å². The van der Waals surface area contributed by atoms with Crippen molar-refractivity contribution in [1.82, 2.24) is 5.32 Å². The Morgan fingerprint density at radius 3 is 2.37 bits per heavy atom. The normalized spacial score (nSPS) is 15.5. The topological polar surface area (TPSA) is 50.8 Å². The van der Waals surface area contributed by atoms with Crippen LogP contribution < -0.4 is 19.7 Å². The number of anilines is 1. The van der Waals surface area contributed by atoms with Gasteiger partial charge in [-0.05, 0) is 67.5 Å². The Balaban J connectivity index is 1.50. The van der Waals surface area contributed by atoms with Gasteiger partial charge in [-0.25, -0.2) is 0 Å². The molecule has 2 aromatic carbocycles. The number of amides is 1. The van der Waals surface area contributed by atoms with Crippen molar-refractivity contribution in [2.24, 2.45) is 5.92 Å². The summed E-state index contributed by atoms with van der Waals surface area (Å²) in [5.74, 6) is 2.26. The van der Waals surface area contributed by atoms with E-state index in [0.29, 0.717) is 24.3 Å². The quantitative estimate of drug-likeness (QED) is 0.682. The van der Waals surface area contributed by atoms with Crippen LogP contribution in [0.3, 0.4) is 0 Å². The summed E-state index contributed by atoms with van der Waals surface area (Å²) in [5, 5.41) is 3.11. The Labute approximate surface area is 180 Å². The van der Waals surface area contributed by atoms with Gasteiger partial charge < -0.3 is 19.7 Å². The number of rotatable bonds is 8. The highest BCUT2D eigenvalue weighted by molar-refractivity contribution is 5.76. The van der Waals surface area contributed by atoms with Crippen molar-refractivity contribution in [3.8, 4) is 11.5 Å². The van der Waals surface area contributed by atoms with E-state index in [2.05, 4.69) is 41.4 Å². The van der Waals surface area contributed by atoms with Crippen LogP contribution in [-0.2, 0) is 11.2 Å². The number of piperidine rings is 1. The molecule has 1 amide bonds. The van der Waals surface area contributed by atoms with Gasteiger partial charge in [-0.3, -0.25) is 4.79 Å². The zero-order valence-corrected chi connectivity index (χ0v) is 18.6. The molecule has 0 bridgehead atoms. The first-order chi connectivity index (χ1) is 14.5. The van der Waals surface area contributed by atoms with E-state index in [4.69, 9.17) is 9.47 Å². The number of benzene rings is 2. The number of aryl methyl sites for hydroxylation is 1. The highest BCUT2D eigenvalue weighted by Crippen LogP contribution is 2.28. The van der Waals surface area contributed by atoms with Gasteiger partial charge in [-0.15, -0.1) is 0 Å². The number of nitrogens with one attached hydrogen (secondary N) is 1. The third kappa shape index (κ3) is 5.68. The van der Waals surface area contributed by atoms with Crippen LogP contribution in [0, 0.1) is 5.92 Å². The fraction of sp³-hybridized carbons (Fsp3) is 0.480. The molecule has 0 spiro atoms. The summed E-state index contributed by atoms with van der Waals surface area (Å²) in [7, 11) is 3.24. The van der Waals surface area contributed by atoms with E-state index in [1.165, 1.54) is 18.5 Å². The Kier molecular flexibility index (Phi) is 7.61. The van der Waals surface area contributed by atoms with Crippen LogP contribution in [0.4, 0.5) is 5.69 Å². The summed E-state index contributed by atoms with van der Waals surface area (Å²) in [6.07, 6.45) is 3.61. The first-order valence-electron chi connectivity index (χ1n) is 10.8. The molecule has 2 aromatic rings. The molecule has 1 fully saturated rings. The molecular formula is C25H34N2O3. The molecule has 0 radical (unpaired) electrons. The molecule has 0 unspecified atom stereocenters. The maximum absolute atomic E-state index is 12.4. The minimum Gasteiger partial charge on any atom is -0.493 e. The number of carbonyl (C=O) groups excluding carboxylic acids is 1. The summed E-state index contributed by atoms with van der Waals surface area (Å²) in [6, 6.07) is 14.4. The number of nitrogens with zero attached hydrogens (tertiary/aromatic N) is 1. The molecule has 1 N–H and O–H groups in total. The summed E-state index contributed by atoms with van der Waals surface area (Å²) in [4.78, 5) is 14.9. The van der Waals surface area contributed by atoms with Gasteiger partial charge in [0.1, 0.15) is 0 Å². The van der Waals surface area contributed by atoms with Gasteiger partial charge in [0.15, 0.2) is 11.5 Å². The van der Waals surface area contributed by atoms with Crippen molar-refractivity contribution in [3.05, 3.63) is 53.6 Å². The lowest BCUT2D eigenvalue weighted by atomic mass is 9.98. The van der Waals surface area contributed by atoms with E-state index in [1.807, 2.05) is 25.1 Å². The lowest BCUT2D eigenvalue weighted by Gasteiger charge is -2.32. The zero-order chi connectivity index (χ0) is 21.5. The van der Waals surface area contributed by atoms with Crippen molar-refractivity contribution < 1.29 is 14.3 Å². The summed E-state index contributed by atoms with van der Waals surface area (Å²) >= 11 is 0. The second-order valence-electron chi connectivity index (χ2n) is 8.24. The minimum atomic E-state index is -0.0154. The highest BCUT2D eigenvalue weighted by Gasteiger charge is 2.16. The molecule has 1 saturated heterocycles. The molecule has 0 saturated carbocycles. The molecule has 3 rings (SSSR count). The largest absolute Gasteiger partial charge is 0.493 e. The van der Waals surface area contributed by atoms with E-state index in [0.717, 1.165) is 30.1 Å². The third-order valence-electron chi connectivity index (χ3n) is 6.01. The smallest absolute Gasteiger partial charge is 0.220 e. The van der Waals surface area contributed by atoms with Gasteiger partial charge in [-0.2, -0.15) is 0 Å².